The summed E-state index contributed by atoms with van der Waals surface area (Å²) in [6.45, 7) is 0.0902. The lowest BCUT2D eigenvalue weighted by molar-refractivity contribution is -0.119. The summed E-state index contributed by atoms with van der Waals surface area (Å²) in [5.74, 6) is 1.63. The monoisotopic (exact) mass is 454 g/mol. The van der Waals surface area contributed by atoms with Crippen molar-refractivity contribution in [3.8, 4) is 17.2 Å². The fraction of sp³-hybridized carbons (Fsp3) is 0.208. The van der Waals surface area contributed by atoms with Crippen molar-refractivity contribution in [2.75, 3.05) is 30.8 Å². The Labute approximate surface area is 188 Å². The number of methoxy groups -OCH3 is 1. The van der Waals surface area contributed by atoms with Gasteiger partial charge in [-0.2, -0.15) is 0 Å². The molecule has 0 saturated carbocycles. The normalized spacial score (nSPS) is 10.9. The third-order valence-electron chi connectivity index (χ3n) is 4.69. The summed E-state index contributed by atoms with van der Waals surface area (Å²) in [6.07, 6.45) is 1.70. The molecule has 32 heavy (non-hydrogen) atoms. The Morgan fingerprint density at radius 3 is 2.06 bits per heavy atom. The van der Waals surface area contributed by atoms with Crippen LogP contribution in [0.4, 0.5) is 5.69 Å². The van der Waals surface area contributed by atoms with Crippen LogP contribution in [0, 0.1) is 0 Å². The number of nitrogens with zero attached hydrogens (tertiary/aromatic N) is 1. The molecule has 8 heteroatoms. The number of hydrogen-bond donors (Lipinski definition) is 1. The number of anilines is 1. The van der Waals surface area contributed by atoms with Gasteiger partial charge in [-0.1, -0.05) is 30.3 Å². The van der Waals surface area contributed by atoms with E-state index in [2.05, 4.69) is 5.32 Å². The van der Waals surface area contributed by atoms with E-state index in [9.17, 15) is 13.2 Å². The average Bonchev–Trinajstić information content (AvgIpc) is 2.79. The number of benzene rings is 3. The lowest BCUT2D eigenvalue weighted by atomic mass is 10.1. The van der Waals surface area contributed by atoms with Crippen LogP contribution >= 0.6 is 0 Å². The van der Waals surface area contributed by atoms with Crippen LogP contribution in [0.15, 0.2) is 78.9 Å². The van der Waals surface area contributed by atoms with Gasteiger partial charge in [0.15, 0.2) is 0 Å². The molecule has 1 amide bonds. The lowest BCUT2D eigenvalue weighted by Crippen LogP contribution is -2.40. The standard InChI is InChI=1S/C24H26N2O5S/c1-30-21-12-8-19(9-13-21)16-17-25-24(27)18-26(32(2,28)29)20-10-14-23(15-11-20)31-22-6-4-3-5-7-22/h3-15H,16-18H2,1-2H3,(H,25,27). The number of para-hydroxylation sites is 1. The molecule has 168 valence electrons. The van der Waals surface area contributed by atoms with Gasteiger partial charge in [-0.3, -0.25) is 9.10 Å². The maximum atomic E-state index is 12.4. The molecule has 0 aliphatic carbocycles. The summed E-state index contributed by atoms with van der Waals surface area (Å²) in [5, 5.41) is 2.78. The minimum Gasteiger partial charge on any atom is -0.497 e. The predicted octanol–water partition coefficient (Wildman–Crippen LogP) is 3.61. The Balaban J connectivity index is 1.59. The minimum absolute atomic E-state index is 0.305. The highest BCUT2D eigenvalue weighted by Gasteiger charge is 2.20. The van der Waals surface area contributed by atoms with Gasteiger partial charge in [0.2, 0.25) is 15.9 Å². The molecule has 0 spiro atoms. The van der Waals surface area contributed by atoms with Gasteiger partial charge in [-0.25, -0.2) is 8.42 Å². The molecule has 7 nitrogen and oxygen atoms in total. The third kappa shape index (κ3) is 6.75. The minimum atomic E-state index is -3.65. The van der Waals surface area contributed by atoms with Crippen molar-refractivity contribution in [3.63, 3.8) is 0 Å². The van der Waals surface area contributed by atoms with Crippen molar-refractivity contribution in [1.82, 2.24) is 5.32 Å². The van der Waals surface area contributed by atoms with E-state index >= 15 is 0 Å². The number of sulfonamides is 1. The molecule has 0 aromatic heterocycles. The van der Waals surface area contributed by atoms with Gasteiger partial charge in [0.05, 0.1) is 19.1 Å². The SMILES string of the molecule is COc1ccc(CCNC(=O)CN(c2ccc(Oc3ccccc3)cc2)S(C)(=O)=O)cc1. The Morgan fingerprint density at radius 2 is 1.47 bits per heavy atom. The summed E-state index contributed by atoms with van der Waals surface area (Å²) in [6, 6.07) is 23.4. The van der Waals surface area contributed by atoms with E-state index in [1.807, 2.05) is 54.6 Å². The topological polar surface area (TPSA) is 84.9 Å². The first-order valence-electron chi connectivity index (χ1n) is 10.1. The summed E-state index contributed by atoms with van der Waals surface area (Å²) in [7, 11) is -2.05. The first kappa shape index (κ1) is 23.1. The summed E-state index contributed by atoms with van der Waals surface area (Å²) >= 11 is 0. The second-order valence-electron chi connectivity index (χ2n) is 7.13. The van der Waals surface area contributed by atoms with Gasteiger partial charge in [0.1, 0.15) is 23.8 Å². The van der Waals surface area contributed by atoms with E-state index in [4.69, 9.17) is 9.47 Å². The van der Waals surface area contributed by atoms with Gasteiger partial charge in [-0.05, 0) is 60.5 Å². The lowest BCUT2D eigenvalue weighted by Gasteiger charge is -2.22. The fourth-order valence-corrected chi connectivity index (χ4v) is 3.89. The van der Waals surface area contributed by atoms with Crippen molar-refractivity contribution in [3.05, 3.63) is 84.4 Å². The highest BCUT2D eigenvalue weighted by molar-refractivity contribution is 7.92. The molecule has 0 aliphatic heterocycles. The average molecular weight is 455 g/mol. The number of nitrogens with one attached hydrogen (secondary N) is 1. The molecule has 0 unspecified atom stereocenters. The maximum Gasteiger partial charge on any atom is 0.240 e. The van der Waals surface area contributed by atoms with E-state index in [1.54, 1.807) is 31.4 Å². The number of hydrogen-bond acceptors (Lipinski definition) is 5. The summed E-state index contributed by atoms with van der Waals surface area (Å²) in [4.78, 5) is 12.4. The van der Waals surface area contributed by atoms with E-state index in [0.29, 0.717) is 30.2 Å². The summed E-state index contributed by atoms with van der Waals surface area (Å²) < 4.78 is 36.5. The van der Waals surface area contributed by atoms with Crippen LogP contribution < -0.4 is 19.1 Å². The van der Waals surface area contributed by atoms with E-state index in [1.165, 1.54) is 0 Å². The Hall–Kier alpha value is -3.52. The van der Waals surface area contributed by atoms with Gasteiger partial charge in [0.25, 0.3) is 0 Å². The zero-order valence-electron chi connectivity index (χ0n) is 18.0. The predicted molar refractivity (Wildman–Crippen MR) is 125 cm³/mol. The molecule has 3 rings (SSSR count). The Morgan fingerprint density at radius 1 is 0.875 bits per heavy atom. The quantitative estimate of drug-likeness (QED) is 0.506. The van der Waals surface area contributed by atoms with Crippen LogP contribution in [0.3, 0.4) is 0 Å². The first-order chi connectivity index (χ1) is 15.3. The molecule has 0 radical (unpaired) electrons. The van der Waals surface area contributed by atoms with Crippen LogP contribution in [0.2, 0.25) is 0 Å². The van der Waals surface area contributed by atoms with Crippen molar-refractivity contribution in [2.24, 2.45) is 0 Å². The van der Waals surface area contributed by atoms with Crippen molar-refractivity contribution >= 4 is 21.6 Å². The molecular formula is C24H26N2O5S. The largest absolute Gasteiger partial charge is 0.497 e. The molecule has 0 heterocycles. The molecule has 0 fully saturated rings. The molecule has 1 N–H and O–H groups in total. The van der Waals surface area contributed by atoms with E-state index in [0.717, 1.165) is 21.9 Å². The molecule has 0 aliphatic rings. The maximum absolute atomic E-state index is 12.4. The van der Waals surface area contributed by atoms with Crippen molar-refractivity contribution in [1.29, 1.82) is 0 Å². The zero-order chi connectivity index (χ0) is 23.0. The van der Waals surface area contributed by atoms with Gasteiger partial charge in [0, 0.05) is 6.54 Å². The Bertz CT molecular complexity index is 1120. The molecule has 0 bridgehead atoms. The van der Waals surface area contributed by atoms with E-state index in [-0.39, 0.29) is 12.5 Å². The van der Waals surface area contributed by atoms with Crippen molar-refractivity contribution < 1.29 is 22.7 Å². The number of carbonyl (C=O) groups excluding carboxylic acids is 1. The van der Waals surface area contributed by atoms with Gasteiger partial charge in [-0.15, -0.1) is 0 Å². The molecular weight excluding hydrogens is 428 g/mol. The van der Waals surface area contributed by atoms with Crippen LogP contribution in [0.25, 0.3) is 0 Å². The molecule has 0 atom stereocenters. The number of ether oxygens (including phenoxy) is 2. The van der Waals surface area contributed by atoms with Gasteiger partial charge >= 0.3 is 0 Å². The first-order valence-corrected chi connectivity index (χ1v) is 11.9. The van der Waals surface area contributed by atoms with Crippen LogP contribution in [-0.4, -0.2) is 40.8 Å². The summed E-state index contributed by atoms with van der Waals surface area (Å²) in [5.41, 5.74) is 1.43. The molecule has 3 aromatic rings. The highest BCUT2D eigenvalue weighted by atomic mass is 32.2. The zero-order valence-corrected chi connectivity index (χ0v) is 18.8. The molecule has 0 saturated heterocycles. The smallest absolute Gasteiger partial charge is 0.240 e. The van der Waals surface area contributed by atoms with Gasteiger partial charge < -0.3 is 14.8 Å². The molecule has 3 aromatic carbocycles. The Kier molecular flexibility index (Phi) is 7.72. The van der Waals surface area contributed by atoms with Crippen LogP contribution in [-0.2, 0) is 21.2 Å². The van der Waals surface area contributed by atoms with Crippen LogP contribution in [0.1, 0.15) is 5.56 Å². The fourth-order valence-electron chi connectivity index (χ4n) is 3.03. The van der Waals surface area contributed by atoms with E-state index < -0.39 is 10.0 Å². The number of carbonyl (C=O) groups is 1. The number of amides is 1. The third-order valence-corrected chi connectivity index (χ3v) is 5.83. The highest BCUT2D eigenvalue weighted by Crippen LogP contribution is 2.25. The number of rotatable bonds is 10. The second kappa shape index (κ2) is 10.7. The second-order valence-corrected chi connectivity index (χ2v) is 9.03. The van der Waals surface area contributed by atoms with Crippen molar-refractivity contribution in [2.45, 2.75) is 6.42 Å². The van der Waals surface area contributed by atoms with Crippen LogP contribution in [0.5, 0.6) is 17.2 Å².